The van der Waals surface area contributed by atoms with E-state index in [4.69, 9.17) is 4.74 Å². The summed E-state index contributed by atoms with van der Waals surface area (Å²) in [5.41, 5.74) is 1.88. The first-order valence-corrected chi connectivity index (χ1v) is 9.91. The van der Waals surface area contributed by atoms with E-state index in [1.54, 1.807) is 20.2 Å². The number of phenolic OH excluding ortho intramolecular Hbond substituents is 1. The molecule has 0 spiro atoms. The Bertz CT molecular complexity index is 837. The normalized spacial score (nSPS) is 15.9. The number of hydrogen-bond donors (Lipinski definition) is 3. The molecule has 156 valence electrons. The number of methoxy groups -OCH3 is 1. The molecule has 3 N–H and O–H groups in total. The SMILES string of the molecule is CN=C(NCc1ccc(O)c(F)c1)NCC(c1ccccc1OC)N1CCCC1. The minimum atomic E-state index is -0.627. The van der Waals surface area contributed by atoms with Gasteiger partial charge in [-0.3, -0.25) is 9.89 Å². The number of ether oxygens (including phenoxy) is 1. The molecule has 1 aliphatic rings. The first kappa shape index (κ1) is 20.9. The molecule has 1 atom stereocenters. The van der Waals surface area contributed by atoms with Gasteiger partial charge in [-0.15, -0.1) is 0 Å². The molecule has 0 aromatic heterocycles. The molecule has 2 aromatic carbocycles. The fourth-order valence-corrected chi connectivity index (χ4v) is 3.69. The number of likely N-dealkylation sites (tertiary alicyclic amines) is 1. The number of aliphatic imine (C=N–C) groups is 1. The number of benzene rings is 2. The van der Waals surface area contributed by atoms with Crippen molar-refractivity contribution < 1.29 is 14.2 Å². The summed E-state index contributed by atoms with van der Waals surface area (Å²) >= 11 is 0. The standard InChI is InChI=1S/C22H29FN4O2/c1-24-22(25-14-16-9-10-20(28)18(23)13-16)26-15-19(27-11-5-6-12-27)17-7-3-4-8-21(17)29-2/h3-4,7-10,13,19,28H,5-6,11-12,14-15H2,1-2H3,(H2,24,25,26). The van der Waals surface area contributed by atoms with Gasteiger partial charge in [-0.25, -0.2) is 4.39 Å². The average molecular weight is 400 g/mol. The fourth-order valence-electron chi connectivity index (χ4n) is 3.69. The van der Waals surface area contributed by atoms with Gasteiger partial charge in [0.2, 0.25) is 0 Å². The second-order valence-electron chi connectivity index (χ2n) is 7.09. The Balaban J connectivity index is 1.66. The van der Waals surface area contributed by atoms with Crippen LogP contribution in [0.1, 0.15) is 30.0 Å². The highest BCUT2D eigenvalue weighted by Crippen LogP contribution is 2.31. The third-order valence-electron chi connectivity index (χ3n) is 5.24. The maximum absolute atomic E-state index is 13.5. The minimum Gasteiger partial charge on any atom is -0.505 e. The summed E-state index contributed by atoms with van der Waals surface area (Å²) in [5, 5.41) is 15.9. The Kier molecular flexibility index (Phi) is 7.30. The molecular formula is C22H29FN4O2. The van der Waals surface area contributed by atoms with E-state index < -0.39 is 5.82 Å². The molecule has 0 aliphatic carbocycles. The predicted molar refractivity (Wildman–Crippen MR) is 113 cm³/mol. The van der Waals surface area contributed by atoms with Crippen LogP contribution in [0.2, 0.25) is 0 Å². The summed E-state index contributed by atoms with van der Waals surface area (Å²) in [6.07, 6.45) is 2.40. The van der Waals surface area contributed by atoms with Crippen LogP contribution >= 0.6 is 0 Å². The van der Waals surface area contributed by atoms with Crippen LogP contribution in [0.15, 0.2) is 47.5 Å². The highest BCUT2D eigenvalue weighted by atomic mass is 19.1. The molecule has 1 fully saturated rings. The number of halogens is 1. The zero-order valence-electron chi connectivity index (χ0n) is 17.0. The number of rotatable bonds is 7. The first-order valence-electron chi connectivity index (χ1n) is 9.91. The third-order valence-corrected chi connectivity index (χ3v) is 5.24. The van der Waals surface area contributed by atoms with Crippen molar-refractivity contribution in [3.63, 3.8) is 0 Å². The highest BCUT2D eigenvalue weighted by molar-refractivity contribution is 5.79. The zero-order valence-corrected chi connectivity index (χ0v) is 17.0. The van der Waals surface area contributed by atoms with Gasteiger partial charge < -0.3 is 20.5 Å². The minimum absolute atomic E-state index is 0.165. The molecule has 1 saturated heterocycles. The lowest BCUT2D eigenvalue weighted by Crippen LogP contribution is -2.42. The van der Waals surface area contributed by atoms with Crippen molar-refractivity contribution in [1.29, 1.82) is 0 Å². The van der Waals surface area contributed by atoms with Crippen molar-refractivity contribution in [2.75, 3.05) is 33.8 Å². The van der Waals surface area contributed by atoms with Crippen molar-refractivity contribution in [2.24, 2.45) is 4.99 Å². The van der Waals surface area contributed by atoms with Gasteiger partial charge in [0.1, 0.15) is 5.75 Å². The molecule has 0 bridgehead atoms. The van der Waals surface area contributed by atoms with E-state index in [0.29, 0.717) is 19.0 Å². The topological polar surface area (TPSA) is 69.1 Å². The zero-order chi connectivity index (χ0) is 20.6. The maximum atomic E-state index is 13.5. The van der Waals surface area contributed by atoms with Crippen LogP contribution in [0, 0.1) is 5.82 Å². The predicted octanol–water partition coefficient (Wildman–Crippen LogP) is 3.04. The molecular weight excluding hydrogens is 371 g/mol. The lowest BCUT2D eigenvalue weighted by molar-refractivity contribution is 0.239. The van der Waals surface area contributed by atoms with E-state index in [-0.39, 0.29) is 11.8 Å². The second-order valence-corrected chi connectivity index (χ2v) is 7.09. The highest BCUT2D eigenvalue weighted by Gasteiger charge is 2.26. The maximum Gasteiger partial charge on any atom is 0.191 e. The molecule has 2 aromatic rings. The number of guanidine groups is 1. The Morgan fingerprint density at radius 3 is 2.66 bits per heavy atom. The van der Waals surface area contributed by atoms with E-state index in [0.717, 1.165) is 30.0 Å². The molecule has 1 heterocycles. The molecule has 0 radical (unpaired) electrons. The van der Waals surface area contributed by atoms with Gasteiger partial charge in [0, 0.05) is 25.7 Å². The first-order chi connectivity index (χ1) is 14.1. The summed E-state index contributed by atoms with van der Waals surface area (Å²) < 4.78 is 19.1. The van der Waals surface area contributed by atoms with Crippen molar-refractivity contribution in [3.05, 3.63) is 59.4 Å². The average Bonchev–Trinajstić information content (AvgIpc) is 3.27. The number of para-hydroxylation sites is 1. The lowest BCUT2D eigenvalue weighted by atomic mass is 10.0. The van der Waals surface area contributed by atoms with Crippen molar-refractivity contribution in [2.45, 2.75) is 25.4 Å². The smallest absolute Gasteiger partial charge is 0.191 e. The van der Waals surface area contributed by atoms with Crippen molar-refractivity contribution >= 4 is 5.96 Å². The van der Waals surface area contributed by atoms with Gasteiger partial charge in [-0.1, -0.05) is 24.3 Å². The number of nitrogens with one attached hydrogen (secondary N) is 2. The lowest BCUT2D eigenvalue weighted by Gasteiger charge is -2.30. The molecule has 29 heavy (non-hydrogen) atoms. The molecule has 1 unspecified atom stereocenters. The van der Waals surface area contributed by atoms with Gasteiger partial charge in [0.25, 0.3) is 0 Å². The van der Waals surface area contributed by atoms with E-state index in [2.05, 4.69) is 26.6 Å². The summed E-state index contributed by atoms with van der Waals surface area (Å²) in [6, 6.07) is 12.6. The van der Waals surface area contributed by atoms with Crippen LogP contribution in [0.4, 0.5) is 4.39 Å². The summed E-state index contributed by atoms with van der Waals surface area (Å²) in [6.45, 7) is 3.19. The summed E-state index contributed by atoms with van der Waals surface area (Å²) in [7, 11) is 3.41. The van der Waals surface area contributed by atoms with E-state index in [9.17, 15) is 9.50 Å². The van der Waals surface area contributed by atoms with Gasteiger partial charge in [0.05, 0.1) is 13.2 Å². The Labute approximate surface area is 171 Å². The fraction of sp³-hybridized carbons (Fsp3) is 0.409. The van der Waals surface area contributed by atoms with Crippen LogP contribution < -0.4 is 15.4 Å². The molecule has 6 nitrogen and oxygen atoms in total. The monoisotopic (exact) mass is 400 g/mol. The summed E-state index contributed by atoms with van der Waals surface area (Å²) in [5.74, 6) is 0.547. The molecule has 0 saturated carbocycles. The van der Waals surface area contributed by atoms with Crippen molar-refractivity contribution in [3.8, 4) is 11.5 Å². The number of hydrogen-bond acceptors (Lipinski definition) is 4. The van der Waals surface area contributed by atoms with E-state index in [1.807, 2.05) is 18.2 Å². The Morgan fingerprint density at radius 1 is 1.21 bits per heavy atom. The van der Waals surface area contributed by atoms with Gasteiger partial charge in [-0.2, -0.15) is 0 Å². The van der Waals surface area contributed by atoms with E-state index in [1.165, 1.54) is 25.0 Å². The second kappa shape index (κ2) is 10.1. The quantitative estimate of drug-likeness (QED) is 0.492. The Hall–Kier alpha value is -2.80. The third kappa shape index (κ3) is 5.38. The van der Waals surface area contributed by atoms with Crippen LogP contribution in [0.25, 0.3) is 0 Å². The summed E-state index contributed by atoms with van der Waals surface area (Å²) in [4.78, 5) is 6.75. The van der Waals surface area contributed by atoms with Crippen molar-refractivity contribution in [1.82, 2.24) is 15.5 Å². The van der Waals surface area contributed by atoms with Gasteiger partial charge >= 0.3 is 0 Å². The van der Waals surface area contributed by atoms with Crippen LogP contribution in [-0.4, -0.2) is 49.8 Å². The number of phenols is 1. The molecule has 0 amide bonds. The number of nitrogens with zero attached hydrogens (tertiary/aromatic N) is 2. The van der Waals surface area contributed by atoms with Gasteiger partial charge in [-0.05, 0) is 49.7 Å². The molecule has 1 aliphatic heterocycles. The van der Waals surface area contributed by atoms with E-state index >= 15 is 0 Å². The van der Waals surface area contributed by atoms with Crippen LogP contribution in [0.5, 0.6) is 11.5 Å². The Morgan fingerprint density at radius 2 is 1.97 bits per heavy atom. The largest absolute Gasteiger partial charge is 0.505 e. The van der Waals surface area contributed by atoms with Crippen LogP contribution in [-0.2, 0) is 6.54 Å². The number of aromatic hydroxyl groups is 1. The molecule has 3 rings (SSSR count). The molecule has 7 heteroatoms. The van der Waals surface area contributed by atoms with Crippen LogP contribution in [0.3, 0.4) is 0 Å². The van der Waals surface area contributed by atoms with Gasteiger partial charge in [0.15, 0.2) is 17.5 Å².